The summed E-state index contributed by atoms with van der Waals surface area (Å²) in [6.07, 6.45) is 4.37. The van der Waals surface area contributed by atoms with E-state index in [2.05, 4.69) is 35.9 Å². The Morgan fingerprint density at radius 1 is 1.50 bits per heavy atom. The Kier molecular flexibility index (Phi) is 5.28. The minimum atomic E-state index is -1.09. The number of allylic oxidation sites excluding steroid dienone is 4. The molecule has 3 N–H and O–H groups in total. The number of nitrogens with two attached hydrogens (primary N) is 1. The van der Waals surface area contributed by atoms with E-state index < -0.39 is 6.17 Å². The molecule has 22 heavy (non-hydrogen) atoms. The van der Waals surface area contributed by atoms with Crippen molar-refractivity contribution in [3.8, 4) is 0 Å². The van der Waals surface area contributed by atoms with Crippen LogP contribution in [-0.4, -0.2) is 33.9 Å². The zero-order valence-electron chi connectivity index (χ0n) is 12.8. The zero-order chi connectivity index (χ0) is 16.3. The van der Waals surface area contributed by atoms with E-state index in [0.717, 1.165) is 4.48 Å². The van der Waals surface area contributed by atoms with Crippen LogP contribution in [0.2, 0.25) is 0 Å². The molecule has 1 aromatic rings. The number of aromatic nitrogens is 2. The number of alkyl halides is 1. The van der Waals surface area contributed by atoms with Gasteiger partial charge in [0.05, 0.1) is 12.0 Å². The number of aromatic amines is 1. The van der Waals surface area contributed by atoms with Crippen LogP contribution >= 0.6 is 15.9 Å². The number of imidazole rings is 1. The van der Waals surface area contributed by atoms with Gasteiger partial charge in [0.15, 0.2) is 5.84 Å². The third-order valence-electron chi connectivity index (χ3n) is 2.91. The molecule has 0 radical (unpaired) electrons. The first kappa shape index (κ1) is 16.6. The van der Waals surface area contributed by atoms with Crippen molar-refractivity contribution in [1.29, 1.82) is 0 Å². The average molecular weight is 368 g/mol. The lowest BCUT2D eigenvalue weighted by Crippen LogP contribution is -2.12. The predicted octanol–water partition coefficient (Wildman–Crippen LogP) is 3.35. The fraction of sp³-hybridized carbons (Fsp3) is 0.400. The first-order valence-corrected chi connectivity index (χ1v) is 7.80. The van der Waals surface area contributed by atoms with Gasteiger partial charge in [-0.1, -0.05) is 28.1 Å². The Hall–Kier alpha value is -1.76. The molecule has 1 unspecified atom stereocenters. The van der Waals surface area contributed by atoms with E-state index in [1.165, 1.54) is 0 Å². The van der Waals surface area contributed by atoms with Crippen LogP contribution in [0.25, 0.3) is 5.57 Å². The molecule has 1 aromatic heterocycles. The Balaban J connectivity index is 2.36. The number of amidine groups is 2. The highest BCUT2D eigenvalue weighted by Gasteiger charge is 2.22. The molecule has 1 aliphatic carbocycles. The molecular formula is C15H19BrFN5. The van der Waals surface area contributed by atoms with Gasteiger partial charge in [0.1, 0.15) is 17.7 Å². The van der Waals surface area contributed by atoms with Gasteiger partial charge in [0.2, 0.25) is 0 Å². The molecule has 5 nitrogen and oxygen atoms in total. The second kappa shape index (κ2) is 7.00. The van der Waals surface area contributed by atoms with Gasteiger partial charge in [-0.15, -0.1) is 0 Å². The number of nitrogens with zero attached hydrogens (tertiary/aromatic N) is 3. The summed E-state index contributed by atoms with van der Waals surface area (Å²) in [4.78, 5) is 16.0. The highest BCUT2D eigenvalue weighted by atomic mass is 79.9. The monoisotopic (exact) mass is 367 g/mol. The third-order valence-corrected chi connectivity index (χ3v) is 3.50. The molecule has 1 heterocycles. The second-order valence-electron chi connectivity index (χ2n) is 5.35. The highest BCUT2D eigenvalue weighted by molar-refractivity contribution is 9.11. The number of hydrogen-bond acceptors (Lipinski definition) is 2. The Bertz CT molecular complexity index is 665. The molecule has 2 rings (SSSR count). The number of halogens is 2. The number of H-pyrrole nitrogens is 1. The van der Waals surface area contributed by atoms with Crippen molar-refractivity contribution in [3.63, 3.8) is 0 Å². The van der Waals surface area contributed by atoms with Crippen molar-refractivity contribution in [2.45, 2.75) is 39.4 Å². The minimum absolute atomic E-state index is 0.0616. The van der Waals surface area contributed by atoms with E-state index >= 15 is 0 Å². The lowest BCUT2D eigenvalue weighted by molar-refractivity contribution is 0.411. The van der Waals surface area contributed by atoms with E-state index in [1.54, 1.807) is 19.2 Å². The van der Waals surface area contributed by atoms with E-state index in [4.69, 9.17) is 5.73 Å². The van der Waals surface area contributed by atoms with Crippen LogP contribution in [0.1, 0.15) is 38.7 Å². The molecule has 0 bridgehead atoms. The normalized spacial score (nSPS) is 20.2. The molecule has 0 aromatic carbocycles. The van der Waals surface area contributed by atoms with Gasteiger partial charge < -0.3 is 10.7 Å². The topological polar surface area (TPSA) is 79.4 Å². The molecule has 1 aliphatic rings. The van der Waals surface area contributed by atoms with Crippen molar-refractivity contribution in [1.82, 2.24) is 9.97 Å². The van der Waals surface area contributed by atoms with Crippen LogP contribution in [0.15, 0.2) is 32.8 Å². The minimum Gasteiger partial charge on any atom is -0.387 e. The van der Waals surface area contributed by atoms with Gasteiger partial charge in [0, 0.05) is 18.0 Å². The quantitative estimate of drug-likeness (QED) is 0.634. The Morgan fingerprint density at radius 3 is 2.82 bits per heavy atom. The van der Waals surface area contributed by atoms with Crippen LogP contribution < -0.4 is 5.73 Å². The Labute approximate surface area is 137 Å². The molecule has 118 valence electrons. The number of rotatable bonds is 3. The Morgan fingerprint density at radius 2 is 2.23 bits per heavy atom. The lowest BCUT2D eigenvalue weighted by atomic mass is 10.0. The molecular weight excluding hydrogens is 349 g/mol. The zero-order valence-corrected chi connectivity index (χ0v) is 14.4. The van der Waals surface area contributed by atoms with Crippen LogP contribution in [0.4, 0.5) is 4.39 Å². The molecule has 1 atom stereocenters. The van der Waals surface area contributed by atoms with E-state index in [0.29, 0.717) is 35.2 Å². The first-order valence-electron chi connectivity index (χ1n) is 7.01. The molecule has 0 aliphatic heterocycles. The van der Waals surface area contributed by atoms with Gasteiger partial charge in [-0.2, -0.15) is 0 Å². The van der Waals surface area contributed by atoms with Gasteiger partial charge in [-0.3, -0.25) is 4.99 Å². The van der Waals surface area contributed by atoms with Crippen LogP contribution in [-0.2, 0) is 0 Å². The average Bonchev–Trinajstić information content (AvgIpc) is 2.86. The summed E-state index contributed by atoms with van der Waals surface area (Å²) in [6, 6.07) is 0.0616. The maximum Gasteiger partial charge on any atom is 0.174 e. The summed E-state index contributed by atoms with van der Waals surface area (Å²) in [6.45, 7) is 5.58. The molecule has 0 saturated carbocycles. The summed E-state index contributed by atoms with van der Waals surface area (Å²) < 4.78 is 15.0. The standard InChI is InChI=1S/C15H19BrFN5/c1-8(2)20-15(21-9(3)18)13-7-19-14(22-13)11-5-4-10(16)6-12(11)17/h4-5,7-8,12H,6H2,1-3H3,(H,19,22)(H2,18,20,21). The van der Waals surface area contributed by atoms with E-state index in [-0.39, 0.29) is 6.04 Å². The van der Waals surface area contributed by atoms with Crippen LogP contribution in [0, 0.1) is 0 Å². The summed E-state index contributed by atoms with van der Waals surface area (Å²) in [5, 5.41) is 0. The summed E-state index contributed by atoms with van der Waals surface area (Å²) in [5.74, 6) is 1.36. The van der Waals surface area contributed by atoms with Crippen molar-refractivity contribution in [2.24, 2.45) is 15.7 Å². The molecule has 0 saturated heterocycles. The summed E-state index contributed by atoms with van der Waals surface area (Å²) >= 11 is 3.31. The van der Waals surface area contributed by atoms with Gasteiger partial charge in [-0.05, 0) is 25.3 Å². The van der Waals surface area contributed by atoms with Crippen molar-refractivity contribution in [3.05, 3.63) is 34.3 Å². The van der Waals surface area contributed by atoms with Crippen LogP contribution in [0.5, 0.6) is 0 Å². The SMILES string of the molecule is CC(N)=NC(=NC(C)C)c1cnc(C2=CC=C(Br)CC2F)[nH]1. The van der Waals surface area contributed by atoms with E-state index in [1.807, 2.05) is 19.9 Å². The lowest BCUT2D eigenvalue weighted by Gasteiger charge is -2.14. The number of nitrogens with one attached hydrogen (secondary N) is 1. The van der Waals surface area contributed by atoms with Gasteiger partial charge >= 0.3 is 0 Å². The van der Waals surface area contributed by atoms with Gasteiger partial charge in [0.25, 0.3) is 0 Å². The number of aliphatic imine (C=N–C) groups is 2. The fourth-order valence-corrected chi connectivity index (χ4v) is 2.43. The molecule has 7 heteroatoms. The van der Waals surface area contributed by atoms with Gasteiger partial charge in [-0.25, -0.2) is 14.4 Å². The molecule has 0 amide bonds. The maximum absolute atomic E-state index is 14.1. The van der Waals surface area contributed by atoms with Crippen molar-refractivity contribution >= 4 is 33.2 Å². The smallest absolute Gasteiger partial charge is 0.174 e. The first-order chi connectivity index (χ1) is 10.4. The molecule has 0 fully saturated rings. The van der Waals surface area contributed by atoms with E-state index in [9.17, 15) is 4.39 Å². The van der Waals surface area contributed by atoms with Crippen LogP contribution in [0.3, 0.4) is 0 Å². The largest absolute Gasteiger partial charge is 0.387 e. The highest BCUT2D eigenvalue weighted by Crippen LogP contribution is 2.30. The van der Waals surface area contributed by atoms with Crippen molar-refractivity contribution in [2.75, 3.05) is 0 Å². The van der Waals surface area contributed by atoms with Crippen molar-refractivity contribution < 1.29 is 4.39 Å². The third kappa shape index (κ3) is 4.13. The summed E-state index contributed by atoms with van der Waals surface area (Å²) in [5.41, 5.74) is 6.78. The molecule has 0 spiro atoms. The second-order valence-corrected chi connectivity index (χ2v) is 6.37. The summed E-state index contributed by atoms with van der Waals surface area (Å²) in [7, 11) is 0. The fourth-order valence-electron chi connectivity index (χ4n) is 2.01. The predicted molar refractivity (Wildman–Crippen MR) is 92.1 cm³/mol. The number of hydrogen-bond donors (Lipinski definition) is 2. The maximum atomic E-state index is 14.1.